The second-order valence-electron chi connectivity index (χ2n) is 3.04. The zero-order valence-electron chi connectivity index (χ0n) is 8.41. The molecule has 0 N–H and O–H groups in total. The van der Waals surface area contributed by atoms with Crippen LogP contribution in [0.1, 0.15) is 11.5 Å². The number of rotatable bonds is 3. The summed E-state index contributed by atoms with van der Waals surface area (Å²) in [5.74, 6) is -0.00671. The van der Waals surface area contributed by atoms with E-state index in [-0.39, 0.29) is 12.2 Å². The number of thioether (sulfide) groups is 1. The molecule has 0 radical (unpaired) electrons. The first-order valence-corrected chi connectivity index (χ1v) is 6.10. The first kappa shape index (κ1) is 11.4. The third-order valence-electron chi connectivity index (χ3n) is 2.01. The first-order valence-electron chi connectivity index (χ1n) is 4.50. The molecule has 3 nitrogen and oxygen atoms in total. The van der Waals surface area contributed by atoms with E-state index in [2.05, 4.69) is 10.2 Å². The average molecular weight is 259 g/mol. The van der Waals surface area contributed by atoms with E-state index in [1.54, 1.807) is 12.1 Å². The summed E-state index contributed by atoms with van der Waals surface area (Å²) < 4.78 is 18.7. The SMILES string of the molecule is CSc1nnc(Cc2c(F)cccc2Cl)o1. The Morgan fingerprint density at radius 2 is 2.25 bits per heavy atom. The molecule has 0 aliphatic carbocycles. The van der Waals surface area contributed by atoms with Crippen molar-refractivity contribution in [1.29, 1.82) is 0 Å². The molecule has 1 aromatic heterocycles. The zero-order chi connectivity index (χ0) is 11.5. The first-order chi connectivity index (χ1) is 7.70. The lowest BCUT2D eigenvalue weighted by Crippen LogP contribution is -1.94. The van der Waals surface area contributed by atoms with Gasteiger partial charge in [0.15, 0.2) is 0 Å². The van der Waals surface area contributed by atoms with Crippen LogP contribution in [0.25, 0.3) is 0 Å². The van der Waals surface area contributed by atoms with Gasteiger partial charge in [0.25, 0.3) is 5.22 Å². The predicted octanol–water partition coefficient (Wildman–Crippen LogP) is 3.17. The molecule has 0 saturated carbocycles. The van der Waals surface area contributed by atoms with Crippen LogP contribution in [-0.4, -0.2) is 16.5 Å². The van der Waals surface area contributed by atoms with Gasteiger partial charge in [-0.25, -0.2) is 4.39 Å². The van der Waals surface area contributed by atoms with E-state index < -0.39 is 0 Å². The fraction of sp³-hybridized carbons (Fsp3) is 0.200. The molecule has 1 heterocycles. The predicted molar refractivity (Wildman–Crippen MR) is 60.3 cm³/mol. The summed E-state index contributed by atoms with van der Waals surface area (Å²) in [6.45, 7) is 0. The van der Waals surface area contributed by atoms with Gasteiger partial charge >= 0.3 is 0 Å². The van der Waals surface area contributed by atoms with E-state index in [0.29, 0.717) is 21.7 Å². The molecule has 0 unspecified atom stereocenters. The van der Waals surface area contributed by atoms with Crippen molar-refractivity contribution < 1.29 is 8.81 Å². The lowest BCUT2D eigenvalue weighted by molar-refractivity contribution is 0.419. The van der Waals surface area contributed by atoms with E-state index in [0.717, 1.165) is 0 Å². The summed E-state index contributed by atoms with van der Waals surface area (Å²) in [4.78, 5) is 0. The fourth-order valence-corrected chi connectivity index (χ4v) is 1.78. The second-order valence-corrected chi connectivity index (χ2v) is 4.21. The molecule has 84 valence electrons. The number of benzene rings is 1. The molecular weight excluding hydrogens is 251 g/mol. The summed E-state index contributed by atoms with van der Waals surface area (Å²) in [5.41, 5.74) is 0.375. The molecule has 1 aromatic carbocycles. The smallest absolute Gasteiger partial charge is 0.276 e. The maximum atomic E-state index is 13.4. The van der Waals surface area contributed by atoms with Crippen LogP contribution in [0.15, 0.2) is 27.8 Å². The van der Waals surface area contributed by atoms with Gasteiger partial charge in [0.2, 0.25) is 5.89 Å². The largest absolute Gasteiger partial charge is 0.416 e. The Hall–Kier alpha value is -1.07. The Labute approximate surface area is 101 Å². The van der Waals surface area contributed by atoms with Gasteiger partial charge in [0.1, 0.15) is 5.82 Å². The summed E-state index contributed by atoms with van der Waals surface area (Å²) in [6.07, 6.45) is 2.03. The maximum Gasteiger partial charge on any atom is 0.276 e. The molecular formula is C10H8ClFN2OS. The molecule has 0 atom stereocenters. The van der Waals surface area contributed by atoms with Crippen LogP contribution < -0.4 is 0 Å². The van der Waals surface area contributed by atoms with Crippen LogP contribution in [0.5, 0.6) is 0 Å². The lowest BCUT2D eigenvalue weighted by Gasteiger charge is -2.01. The number of hydrogen-bond acceptors (Lipinski definition) is 4. The molecule has 0 amide bonds. The van der Waals surface area contributed by atoms with Gasteiger partial charge in [-0.2, -0.15) is 0 Å². The standard InChI is InChI=1S/C10H8ClFN2OS/c1-16-10-14-13-9(15-10)5-6-7(11)3-2-4-8(6)12/h2-4H,5H2,1H3. The van der Waals surface area contributed by atoms with Crippen LogP contribution in [-0.2, 0) is 6.42 Å². The van der Waals surface area contributed by atoms with Crippen molar-refractivity contribution in [3.63, 3.8) is 0 Å². The Kier molecular flexibility index (Phi) is 3.46. The van der Waals surface area contributed by atoms with Gasteiger partial charge in [0.05, 0.1) is 6.42 Å². The molecule has 6 heteroatoms. The highest BCUT2D eigenvalue weighted by Gasteiger charge is 2.12. The minimum Gasteiger partial charge on any atom is -0.416 e. The van der Waals surface area contributed by atoms with Crippen LogP contribution in [0, 0.1) is 5.82 Å². The molecule has 0 aliphatic rings. The second kappa shape index (κ2) is 4.84. The van der Waals surface area contributed by atoms with Gasteiger partial charge in [-0.15, -0.1) is 10.2 Å². The van der Waals surface area contributed by atoms with Crippen LogP contribution in [0.4, 0.5) is 4.39 Å². The monoisotopic (exact) mass is 258 g/mol. The number of nitrogens with zero attached hydrogens (tertiary/aromatic N) is 2. The Morgan fingerprint density at radius 1 is 1.44 bits per heavy atom. The molecule has 2 rings (SSSR count). The molecule has 0 aliphatic heterocycles. The highest BCUT2D eigenvalue weighted by molar-refractivity contribution is 7.98. The molecule has 2 aromatic rings. The summed E-state index contributed by atoms with van der Waals surface area (Å²) in [6, 6.07) is 4.54. The highest BCUT2D eigenvalue weighted by atomic mass is 35.5. The van der Waals surface area contributed by atoms with Crippen molar-refractivity contribution >= 4 is 23.4 Å². The molecule has 0 spiro atoms. The van der Waals surface area contributed by atoms with Crippen molar-refractivity contribution in [3.8, 4) is 0 Å². The lowest BCUT2D eigenvalue weighted by atomic mass is 10.1. The van der Waals surface area contributed by atoms with Crippen molar-refractivity contribution in [2.75, 3.05) is 6.26 Å². The van der Waals surface area contributed by atoms with Crippen LogP contribution in [0.3, 0.4) is 0 Å². The van der Waals surface area contributed by atoms with Crippen molar-refractivity contribution in [3.05, 3.63) is 40.5 Å². The molecule has 0 saturated heterocycles. The summed E-state index contributed by atoms with van der Waals surface area (Å²) in [5, 5.41) is 8.40. The van der Waals surface area contributed by atoms with E-state index in [1.807, 2.05) is 6.26 Å². The van der Waals surface area contributed by atoms with Gasteiger partial charge in [-0.1, -0.05) is 29.4 Å². The zero-order valence-corrected chi connectivity index (χ0v) is 9.98. The quantitative estimate of drug-likeness (QED) is 0.793. The van der Waals surface area contributed by atoms with E-state index in [1.165, 1.54) is 17.8 Å². The van der Waals surface area contributed by atoms with Crippen LogP contribution >= 0.6 is 23.4 Å². The van der Waals surface area contributed by atoms with Gasteiger partial charge in [-0.05, 0) is 18.4 Å². The number of hydrogen-bond donors (Lipinski definition) is 0. The third kappa shape index (κ3) is 2.36. The molecule has 0 bridgehead atoms. The highest BCUT2D eigenvalue weighted by Crippen LogP contribution is 2.22. The molecule has 16 heavy (non-hydrogen) atoms. The number of halogens is 2. The van der Waals surface area contributed by atoms with Gasteiger partial charge in [-0.3, -0.25) is 0 Å². The van der Waals surface area contributed by atoms with Crippen molar-refractivity contribution in [2.45, 2.75) is 11.6 Å². The Bertz CT molecular complexity index is 483. The molecule has 0 fully saturated rings. The van der Waals surface area contributed by atoms with Gasteiger partial charge in [0, 0.05) is 10.6 Å². The normalized spacial score (nSPS) is 10.7. The maximum absolute atomic E-state index is 13.4. The minimum atomic E-state index is -0.364. The summed E-state index contributed by atoms with van der Waals surface area (Å²) in [7, 11) is 0. The van der Waals surface area contributed by atoms with E-state index in [4.69, 9.17) is 16.0 Å². The van der Waals surface area contributed by atoms with Crippen molar-refractivity contribution in [2.24, 2.45) is 0 Å². The Morgan fingerprint density at radius 3 is 2.88 bits per heavy atom. The van der Waals surface area contributed by atoms with E-state index >= 15 is 0 Å². The summed E-state index contributed by atoms with van der Waals surface area (Å²) >= 11 is 7.23. The number of aromatic nitrogens is 2. The topological polar surface area (TPSA) is 38.9 Å². The third-order valence-corrected chi connectivity index (χ3v) is 2.88. The van der Waals surface area contributed by atoms with E-state index in [9.17, 15) is 4.39 Å². The minimum absolute atomic E-state index is 0.207. The Balaban J connectivity index is 2.26. The average Bonchev–Trinajstić information content (AvgIpc) is 2.71. The van der Waals surface area contributed by atoms with Gasteiger partial charge < -0.3 is 4.42 Å². The van der Waals surface area contributed by atoms with Crippen LogP contribution in [0.2, 0.25) is 5.02 Å². The van der Waals surface area contributed by atoms with Crippen molar-refractivity contribution in [1.82, 2.24) is 10.2 Å². The fourth-order valence-electron chi connectivity index (χ4n) is 1.24.